The Labute approximate surface area is 135 Å². The summed E-state index contributed by atoms with van der Waals surface area (Å²) in [5.74, 6) is -0.178. The third kappa shape index (κ3) is 153. The summed E-state index contributed by atoms with van der Waals surface area (Å²) < 4.78 is 129. The molecule has 23 heavy (non-hydrogen) atoms. The minimum atomic E-state index is -6.00. The Hall–Kier alpha value is -0.898. The zero-order chi connectivity index (χ0) is 18.6. The maximum absolute atomic E-state index is 11.9. The van der Waals surface area contributed by atoms with Crippen molar-refractivity contribution in [3.05, 3.63) is 36.1 Å². The summed E-state index contributed by atoms with van der Waals surface area (Å²) in [6.45, 7) is 0. The predicted octanol–water partition coefficient (Wildman–Crippen LogP) is 2.84. The minimum absolute atomic E-state index is 0. The van der Waals surface area contributed by atoms with E-state index in [0.29, 0.717) is 0 Å². The Morgan fingerprint density at radius 2 is 0.696 bits per heavy atom. The van der Waals surface area contributed by atoms with Gasteiger partial charge < -0.3 is 53.2 Å². The Balaban J connectivity index is -0.0000000661. The van der Waals surface area contributed by atoms with Crippen molar-refractivity contribution in [3.8, 4) is 0 Å². The van der Waals surface area contributed by atoms with Gasteiger partial charge in [-0.05, 0) is 12.1 Å². The molecule has 1 rings (SSSR count). The second-order valence-electron chi connectivity index (χ2n) is 2.78. The van der Waals surface area contributed by atoms with Gasteiger partial charge >= 0.3 is 40.6 Å². The van der Waals surface area contributed by atoms with Crippen LogP contribution in [0.2, 0.25) is 0 Å². The summed E-state index contributed by atoms with van der Waals surface area (Å²) in [6, 6.07) is 7.94. The first-order valence-electron chi connectivity index (χ1n) is 4.72. The normalized spacial score (nSPS) is 10.5. The van der Waals surface area contributed by atoms with Crippen LogP contribution in [0.25, 0.3) is 0 Å². The molecule has 1 aromatic rings. The van der Waals surface area contributed by atoms with E-state index in [4.69, 9.17) is 0 Å². The van der Waals surface area contributed by atoms with Gasteiger partial charge in [-0.3, -0.25) is 0 Å². The van der Waals surface area contributed by atoms with Gasteiger partial charge in [-0.1, -0.05) is 18.2 Å². The van der Waals surface area contributed by atoms with Crippen molar-refractivity contribution in [2.45, 2.75) is 0 Å². The van der Waals surface area contributed by atoms with Crippen molar-refractivity contribution in [2.24, 2.45) is 0 Å². The number of benzene rings is 1. The van der Waals surface area contributed by atoms with Crippen LogP contribution in [-0.2, 0) is 0 Å². The van der Waals surface area contributed by atoms with E-state index in [1.54, 1.807) is 18.2 Å². The molecule has 0 N–H and O–H groups in total. The third-order valence-corrected chi connectivity index (χ3v) is 0.733. The number of halogens is 13. The van der Waals surface area contributed by atoms with E-state index in [0.717, 1.165) is 0 Å². The standard InChI is InChI=1S/C6H5F.3BF4.Li.H/c7-6-4-2-1-3-5-6;3*2-1(3,4)5;;/h1-5H;;;;;/q;3*-1;+1;-1. The van der Waals surface area contributed by atoms with Crippen LogP contribution >= 0.6 is 0 Å². The van der Waals surface area contributed by atoms with Crippen LogP contribution in [0, 0.1) is 5.82 Å². The SMILES string of the molecule is F[B-](F)(F)F.F[B-](F)(F)F.F[B-](F)(F)F.Fc1ccccc1.[H-].[Li+]. The zero-order valence-corrected chi connectivity index (χ0v) is 11.0. The van der Waals surface area contributed by atoms with Crippen molar-refractivity contribution in [1.29, 1.82) is 0 Å². The van der Waals surface area contributed by atoms with Gasteiger partial charge in [0.2, 0.25) is 0 Å². The summed E-state index contributed by atoms with van der Waals surface area (Å²) in [4.78, 5) is 0. The molecule has 0 spiro atoms. The summed E-state index contributed by atoms with van der Waals surface area (Å²) in [5, 5.41) is 0. The van der Waals surface area contributed by atoms with Crippen LogP contribution in [0.15, 0.2) is 30.3 Å². The van der Waals surface area contributed by atoms with Crippen molar-refractivity contribution in [3.63, 3.8) is 0 Å². The van der Waals surface area contributed by atoms with E-state index in [-0.39, 0.29) is 26.1 Å². The Morgan fingerprint density at radius 1 is 0.522 bits per heavy atom. The smallest absolute Gasteiger partial charge is 1.00 e. The van der Waals surface area contributed by atoms with Crippen molar-refractivity contribution >= 4 is 21.8 Å². The van der Waals surface area contributed by atoms with E-state index < -0.39 is 21.8 Å². The van der Waals surface area contributed by atoms with Gasteiger partial charge in [0, 0.05) is 0 Å². The molecule has 0 radical (unpaired) electrons. The van der Waals surface area contributed by atoms with Crippen LogP contribution in [0.5, 0.6) is 0 Å². The zero-order valence-electron chi connectivity index (χ0n) is 12.0. The average Bonchev–Trinajstić information content (AvgIpc) is 2.09. The molecule has 0 saturated heterocycles. The summed E-state index contributed by atoms with van der Waals surface area (Å²) in [6.07, 6.45) is 0. The first kappa shape index (κ1) is 30.0. The number of hydrogen-bond donors (Lipinski definition) is 0. The van der Waals surface area contributed by atoms with E-state index in [1.165, 1.54) is 12.1 Å². The molecule has 134 valence electrons. The van der Waals surface area contributed by atoms with Gasteiger partial charge in [-0.2, -0.15) is 0 Å². The molecule has 0 saturated carbocycles. The maximum atomic E-state index is 11.9. The van der Waals surface area contributed by atoms with E-state index in [1.807, 2.05) is 0 Å². The molecular weight excluding hydrogens is 358 g/mol. The first-order valence-corrected chi connectivity index (χ1v) is 4.72. The molecule has 0 aliphatic carbocycles. The second-order valence-corrected chi connectivity index (χ2v) is 2.78. The van der Waals surface area contributed by atoms with Crippen LogP contribution in [-0.4, -0.2) is 21.8 Å². The van der Waals surface area contributed by atoms with Gasteiger partial charge in [0.25, 0.3) is 0 Å². The molecule has 17 heteroatoms. The van der Waals surface area contributed by atoms with Gasteiger partial charge in [0.15, 0.2) is 0 Å². The predicted molar refractivity (Wildman–Crippen MR) is 58.1 cm³/mol. The van der Waals surface area contributed by atoms with E-state index in [2.05, 4.69) is 0 Å². The molecule has 0 aromatic heterocycles. The van der Waals surface area contributed by atoms with E-state index >= 15 is 0 Å². The average molecular weight is 364 g/mol. The Bertz CT molecular complexity index is 320. The van der Waals surface area contributed by atoms with Crippen LogP contribution in [0.1, 0.15) is 1.43 Å². The molecule has 0 fully saturated rings. The molecule has 0 heterocycles. The van der Waals surface area contributed by atoms with Crippen LogP contribution in [0.4, 0.5) is 56.2 Å². The largest absolute Gasteiger partial charge is 1.00 e. The Kier molecular flexibility index (Phi) is 17.7. The van der Waals surface area contributed by atoms with Crippen LogP contribution in [0.3, 0.4) is 0 Å². The molecule has 1 aromatic carbocycles. The first-order chi connectivity index (χ1) is 9.39. The number of rotatable bonds is 0. The molecular formula is C6H6B3F13Li-3. The van der Waals surface area contributed by atoms with Gasteiger partial charge in [-0.25, -0.2) is 4.39 Å². The van der Waals surface area contributed by atoms with Gasteiger partial charge in [0.05, 0.1) is 0 Å². The molecule has 0 aliphatic heterocycles. The maximum Gasteiger partial charge on any atom is 1.00 e. The molecule has 0 unspecified atom stereocenters. The molecule has 0 aliphatic rings. The van der Waals surface area contributed by atoms with Crippen molar-refractivity contribution in [2.75, 3.05) is 0 Å². The molecule has 0 bridgehead atoms. The Morgan fingerprint density at radius 3 is 0.783 bits per heavy atom. The summed E-state index contributed by atoms with van der Waals surface area (Å²) >= 11 is 0. The van der Waals surface area contributed by atoms with Crippen LogP contribution < -0.4 is 18.9 Å². The quantitative estimate of drug-likeness (QED) is 0.491. The van der Waals surface area contributed by atoms with Gasteiger partial charge in [0.1, 0.15) is 5.82 Å². The fourth-order valence-corrected chi connectivity index (χ4v) is 0.415. The topological polar surface area (TPSA) is 0 Å². The molecule has 0 atom stereocenters. The molecule has 0 nitrogen and oxygen atoms in total. The van der Waals surface area contributed by atoms with E-state index in [9.17, 15) is 56.2 Å². The monoisotopic (exact) mass is 365 g/mol. The van der Waals surface area contributed by atoms with Gasteiger partial charge in [-0.15, -0.1) is 0 Å². The molecule has 0 amide bonds. The third-order valence-electron chi connectivity index (χ3n) is 0.733. The van der Waals surface area contributed by atoms with Crippen molar-refractivity contribution in [1.82, 2.24) is 0 Å². The summed E-state index contributed by atoms with van der Waals surface area (Å²) in [7, 11) is -18.0. The fraction of sp³-hybridized carbons (Fsp3) is 0. The fourth-order valence-electron chi connectivity index (χ4n) is 0.415. The summed E-state index contributed by atoms with van der Waals surface area (Å²) in [5.41, 5.74) is 0. The number of hydrogen-bond acceptors (Lipinski definition) is 0. The second kappa shape index (κ2) is 13.5. The van der Waals surface area contributed by atoms with Crippen molar-refractivity contribution < 1.29 is 76.5 Å². The minimum Gasteiger partial charge on any atom is -1.00 e.